The van der Waals surface area contributed by atoms with Crippen LogP contribution in [-0.2, 0) is 0 Å². The average Bonchev–Trinajstić information content (AvgIpc) is 2.72. The van der Waals surface area contributed by atoms with Gasteiger partial charge in [0.2, 0.25) is 0 Å². The van der Waals surface area contributed by atoms with Crippen LogP contribution in [0.3, 0.4) is 0 Å². The van der Waals surface area contributed by atoms with Crippen molar-refractivity contribution >= 4 is 11.3 Å². The lowest BCUT2D eigenvalue weighted by atomic mass is 9.89. The summed E-state index contributed by atoms with van der Waals surface area (Å²) in [5.74, 6) is 0. The molecule has 0 fully saturated rings. The Morgan fingerprint density at radius 2 is 1.48 bits per heavy atom. The van der Waals surface area contributed by atoms with Gasteiger partial charge in [0, 0.05) is 53.5 Å². The van der Waals surface area contributed by atoms with Crippen LogP contribution in [0.25, 0.3) is 5.57 Å². The van der Waals surface area contributed by atoms with Crippen molar-refractivity contribution in [1.82, 2.24) is 4.48 Å². The zero-order valence-corrected chi connectivity index (χ0v) is 17.2. The van der Waals surface area contributed by atoms with Gasteiger partial charge in [-0.25, -0.2) is 0 Å². The fraction of sp³-hybridized carbons (Fsp3) is 0.240. The van der Waals surface area contributed by atoms with Crippen molar-refractivity contribution in [2.45, 2.75) is 13.8 Å². The smallest absolute Gasteiger partial charge is 0.132 e. The third kappa shape index (κ3) is 5.00. The van der Waals surface area contributed by atoms with Crippen molar-refractivity contribution in [3.8, 4) is 0 Å². The summed E-state index contributed by atoms with van der Waals surface area (Å²) in [6.07, 6.45) is 8.81. The number of hydrogen-bond donors (Lipinski definition) is 1. The monoisotopic (exact) mass is 360 g/mol. The summed E-state index contributed by atoms with van der Waals surface area (Å²) >= 11 is 0. The van der Waals surface area contributed by atoms with Gasteiger partial charge in [0.1, 0.15) is 11.3 Å². The Bertz CT molecular complexity index is 822. The first-order valence-electron chi connectivity index (χ1n) is 9.52. The fourth-order valence-electron chi connectivity index (χ4n) is 3.04. The molecule has 0 heterocycles. The summed E-state index contributed by atoms with van der Waals surface area (Å²) in [6.45, 7) is 5.43. The zero-order chi connectivity index (χ0) is 19.9. The summed E-state index contributed by atoms with van der Waals surface area (Å²) in [4.78, 5) is 0. The van der Waals surface area contributed by atoms with Crippen LogP contribution in [0.15, 0.2) is 84.0 Å². The van der Waals surface area contributed by atoms with Crippen LogP contribution in [-0.4, -0.2) is 27.7 Å². The van der Waals surface area contributed by atoms with Crippen LogP contribution in [0, 0.1) is 6.42 Å². The summed E-state index contributed by atoms with van der Waals surface area (Å²) in [5, 5.41) is 0. The van der Waals surface area contributed by atoms with E-state index in [4.69, 9.17) is 0 Å². The van der Waals surface area contributed by atoms with E-state index in [-0.39, 0.29) is 0 Å². The highest BCUT2D eigenvalue weighted by Gasteiger charge is 2.20. The normalized spacial score (nSPS) is 15.3. The minimum absolute atomic E-state index is 0.894. The Morgan fingerprint density at radius 3 is 2.00 bits per heavy atom. The molecule has 2 heteroatoms. The molecule has 1 aliphatic carbocycles. The van der Waals surface area contributed by atoms with E-state index in [0.29, 0.717) is 0 Å². The Labute approximate surface area is 164 Å². The highest BCUT2D eigenvalue weighted by Crippen LogP contribution is 2.32. The molecule has 27 heavy (non-hydrogen) atoms. The molecule has 0 saturated carbocycles. The van der Waals surface area contributed by atoms with Crippen LogP contribution < -0.4 is 10.2 Å². The van der Waals surface area contributed by atoms with Gasteiger partial charge in [-0.3, -0.25) is 4.48 Å². The van der Waals surface area contributed by atoms with Gasteiger partial charge in [0.05, 0.1) is 26.2 Å². The number of quaternary nitrogens is 1. The van der Waals surface area contributed by atoms with E-state index < -0.39 is 0 Å². The van der Waals surface area contributed by atoms with E-state index in [9.17, 15) is 0 Å². The standard InChI is InChI=1S/C24H27N.CH5N/c1-5-25(3,4)23-17-15-22(16-18-23)24(20-9-7-6-8-10-20)21-13-11-19(2)12-14-21;1-2/h6-18H,5H2,1-4H3;2H2,1H3/q+2;. The minimum Gasteiger partial charge on any atom is -0.333 e. The molecule has 0 radical (unpaired) electrons. The number of benzene rings is 2. The van der Waals surface area contributed by atoms with Crippen molar-refractivity contribution in [3.63, 3.8) is 0 Å². The van der Waals surface area contributed by atoms with Crippen LogP contribution in [0.5, 0.6) is 0 Å². The minimum atomic E-state index is 0.894. The molecule has 0 bridgehead atoms. The topological polar surface area (TPSA) is 26.0 Å². The largest absolute Gasteiger partial charge is 0.333 e. The second-order valence-corrected chi connectivity index (χ2v) is 7.16. The molecule has 0 aromatic heterocycles. The lowest BCUT2D eigenvalue weighted by molar-refractivity contribution is 0.421. The van der Waals surface area contributed by atoms with E-state index in [1.54, 1.807) is 0 Å². The maximum atomic E-state index is 4.50. The number of hydrogen-bond acceptors (Lipinski definition) is 1. The van der Waals surface area contributed by atoms with Crippen molar-refractivity contribution in [3.05, 3.63) is 102 Å². The molecule has 0 amide bonds. The van der Waals surface area contributed by atoms with Crippen molar-refractivity contribution in [1.29, 1.82) is 0 Å². The van der Waals surface area contributed by atoms with Gasteiger partial charge in [-0.05, 0) is 45.2 Å². The van der Waals surface area contributed by atoms with Crippen molar-refractivity contribution in [2.75, 3.05) is 27.7 Å². The molecule has 0 spiro atoms. The Balaban J connectivity index is 0.00000126. The van der Waals surface area contributed by atoms with Crippen molar-refractivity contribution in [2.24, 2.45) is 5.73 Å². The Kier molecular flexibility index (Phi) is 7.23. The Hall–Kier alpha value is -2.55. The quantitative estimate of drug-likeness (QED) is 0.576. The molecule has 140 valence electrons. The molecule has 2 aromatic carbocycles. The maximum Gasteiger partial charge on any atom is 0.132 e. The van der Waals surface area contributed by atoms with Gasteiger partial charge >= 0.3 is 0 Å². The second kappa shape index (κ2) is 9.40. The predicted molar refractivity (Wildman–Crippen MR) is 120 cm³/mol. The molecule has 0 atom stereocenters. The summed E-state index contributed by atoms with van der Waals surface area (Å²) in [7, 11) is 5.99. The van der Waals surface area contributed by atoms with E-state index >= 15 is 0 Å². The van der Waals surface area contributed by atoms with Gasteiger partial charge < -0.3 is 5.73 Å². The molecule has 0 saturated heterocycles. The third-order valence-corrected chi connectivity index (χ3v) is 5.05. The first-order chi connectivity index (χ1) is 13.0. The molecule has 2 N–H and O–H groups in total. The van der Waals surface area contributed by atoms with Crippen LogP contribution in [0.4, 0.5) is 5.69 Å². The molecule has 1 aliphatic rings. The first-order valence-corrected chi connectivity index (χ1v) is 9.52. The zero-order valence-electron chi connectivity index (χ0n) is 17.2. The molecule has 0 unspecified atom stereocenters. The average molecular weight is 361 g/mol. The fourth-order valence-corrected chi connectivity index (χ4v) is 3.04. The summed E-state index contributed by atoms with van der Waals surface area (Å²) < 4.78 is 0.894. The number of allylic oxidation sites excluding steroid dienone is 5. The van der Waals surface area contributed by atoms with E-state index in [0.717, 1.165) is 11.0 Å². The second-order valence-electron chi connectivity index (χ2n) is 7.16. The van der Waals surface area contributed by atoms with E-state index in [1.807, 2.05) is 0 Å². The molecule has 2 nitrogen and oxygen atoms in total. The van der Waals surface area contributed by atoms with Crippen LogP contribution in [0.2, 0.25) is 0 Å². The van der Waals surface area contributed by atoms with Gasteiger partial charge in [-0.1, -0.05) is 18.2 Å². The summed E-state index contributed by atoms with van der Waals surface area (Å²) in [6, 6.07) is 19.7. The van der Waals surface area contributed by atoms with Gasteiger partial charge in [-0.2, -0.15) is 0 Å². The predicted octanol–water partition coefficient (Wildman–Crippen LogP) is 5.37. The lowest BCUT2D eigenvalue weighted by Gasteiger charge is -2.27. The van der Waals surface area contributed by atoms with E-state index in [2.05, 4.69) is 113 Å². The molecular formula is C25H32N2+2. The van der Waals surface area contributed by atoms with Gasteiger partial charge in [-0.15, -0.1) is 0 Å². The third-order valence-electron chi connectivity index (χ3n) is 5.05. The highest BCUT2D eigenvalue weighted by molar-refractivity contribution is 5.86. The molecule has 0 aliphatic heterocycles. The summed E-state index contributed by atoms with van der Waals surface area (Å²) in [5.41, 5.74) is 12.2. The SMILES string of the molecule is CC[N+](C)(C)c1ccc(C(=C2C=CC(C)=C[CH+]2)c2ccccc2)cc1.CN. The van der Waals surface area contributed by atoms with Crippen LogP contribution in [0.1, 0.15) is 25.0 Å². The molecular weight excluding hydrogens is 328 g/mol. The van der Waals surface area contributed by atoms with Crippen LogP contribution >= 0.6 is 0 Å². The Morgan fingerprint density at radius 1 is 0.889 bits per heavy atom. The number of nitrogens with two attached hydrogens (primary N) is 1. The maximum absolute atomic E-state index is 4.50. The first kappa shape index (κ1) is 20.8. The number of rotatable bonds is 4. The lowest BCUT2D eigenvalue weighted by Crippen LogP contribution is -2.39. The van der Waals surface area contributed by atoms with Gasteiger partial charge in [0.25, 0.3) is 0 Å². The highest BCUT2D eigenvalue weighted by atomic mass is 15.3. The van der Waals surface area contributed by atoms with Crippen molar-refractivity contribution < 1.29 is 0 Å². The molecule has 2 aromatic rings. The number of nitrogens with zero attached hydrogens (tertiary/aromatic N) is 1. The molecule has 3 rings (SSSR count). The van der Waals surface area contributed by atoms with E-state index in [1.165, 1.54) is 40.6 Å². The van der Waals surface area contributed by atoms with Gasteiger partial charge in [0.15, 0.2) is 0 Å².